The minimum Gasteiger partial charge on any atom is -0.497 e. The van der Waals surface area contributed by atoms with Crippen molar-refractivity contribution in [2.75, 3.05) is 46.4 Å². The fourth-order valence-corrected chi connectivity index (χ4v) is 4.97. The molecule has 8 heteroatoms. The second kappa shape index (κ2) is 11.4. The number of carbonyl (C=O) groups is 1. The highest BCUT2D eigenvalue weighted by atomic mass is 35.5. The summed E-state index contributed by atoms with van der Waals surface area (Å²) in [5.41, 5.74) is 2.05. The summed E-state index contributed by atoms with van der Waals surface area (Å²) in [6.45, 7) is 5.66. The average Bonchev–Trinajstić information content (AvgIpc) is 3.41. The number of furan rings is 1. The summed E-state index contributed by atoms with van der Waals surface area (Å²) in [6.07, 6.45) is 2.23. The summed E-state index contributed by atoms with van der Waals surface area (Å²) in [7, 11) is 1.63. The first-order valence-corrected chi connectivity index (χ1v) is 12.9. The van der Waals surface area contributed by atoms with Gasteiger partial charge in [0, 0.05) is 38.3 Å². The Morgan fingerprint density at radius 1 is 1.03 bits per heavy atom. The summed E-state index contributed by atoms with van der Waals surface area (Å²) >= 11 is 6.53. The van der Waals surface area contributed by atoms with E-state index in [1.807, 2.05) is 47.4 Å². The highest BCUT2D eigenvalue weighted by Crippen LogP contribution is 2.29. The molecule has 5 rings (SSSR count). The van der Waals surface area contributed by atoms with Gasteiger partial charge >= 0.3 is 0 Å². The maximum absolute atomic E-state index is 13.0. The molecular weight excluding hydrogens is 478 g/mol. The van der Waals surface area contributed by atoms with Crippen LogP contribution < -0.4 is 14.8 Å². The highest BCUT2D eigenvalue weighted by Gasteiger charge is 2.25. The van der Waals surface area contributed by atoms with Crippen LogP contribution >= 0.6 is 11.6 Å². The van der Waals surface area contributed by atoms with E-state index in [4.69, 9.17) is 25.5 Å². The lowest BCUT2D eigenvalue weighted by Crippen LogP contribution is -2.48. The van der Waals surface area contributed by atoms with Crippen molar-refractivity contribution in [3.63, 3.8) is 0 Å². The summed E-state index contributed by atoms with van der Waals surface area (Å²) < 4.78 is 17.2. The van der Waals surface area contributed by atoms with Crippen molar-refractivity contribution in [3.05, 3.63) is 70.9 Å². The first-order valence-electron chi connectivity index (χ1n) is 12.5. The van der Waals surface area contributed by atoms with Crippen LogP contribution in [0.2, 0.25) is 5.02 Å². The first-order chi connectivity index (χ1) is 17.6. The van der Waals surface area contributed by atoms with Gasteiger partial charge in [-0.3, -0.25) is 9.69 Å². The van der Waals surface area contributed by atoms with Gasteiger partial charge in [-0.25, -0.2) is 0 Å². The maximum atomic E-state index is 13.0. The number of hydrogen-bond acceptors (Lipinski definition) is 6. The third-order valence-corrected chi connectivity index (χ3v) is 7.13. The van der Waals surface area contributed by atoms with Crippen LogP contribution in [0.25, 0.3) is 11.3 Å². The quantitative estimate of drug-likeness (QED) is 0.498. The van der Waals surface area contributed by atoms with Gasteiger partial charge < -0.3 is 24.1 Å². The second-order valence-electron chi connectivity index (χ2n) is 9.29. The number of hydrogen-bond donors (Lipinski definition) is 1. The van der Waals surface area contributed by atoms with Gasteiger partial charge in [-0.15, -0.1) is 0 Å². The fourth-order valence-electron chi connectivity index (χ4n) is 4.72. The predicted molar refractivity (Wildman–Crippen MR) is 140 cm³/mol. The van der Waals surface area contributed by atoms with Crippen LogP contribution in [0.5, 0.6) is 11.5 Å². The molecule has 1 N–H and O–H groups in total. The molecule has 0 atom stereocenters. The minimum atomic E-state index is -0.0723. The molecule has 1 aromatic heterocycles. The van der Waals surface area contributed by atoms with Crippen molar-refractivity contribution in [1.82, 2.24) is 15.1 Å². The summed E-state index contributed by atoms with van der Waals surface area (Å²) in [4.78, 5) is 17.2. The lowest BCUT2D eigenvalue weighted by Gasteiger charge is -2.34. The standard InChI is InChI=1S/C28H32ClN3O4/c1-34-22-5-3-21(4-6-22)25-8-9-27(36-25)28(33)32-16-14-31(15-17-32)19-20-2-7-26(24(29)18-20)35-23-10-12-30-13-11-23/h2-9,18,23,30H,10-17,19H2,1H3. The molecule has 2 saturated heterocycles. The van der Waals surface area contributed by atoms with Crippen LogP contribution in [0.3, 0.4) is 0 Å². The molecule has 36 heavy (non-hydrogen) atoms. The predicted octanol–water partition coefficient (Wildman–Crippen LogP) is 4.70. The number of piperazine rings is 1. The van der Waals surface area contributed by atoms with E-state index in [0.717, 1.165) is 68.2 Å². The van der Waals surface area contributed by atoms with Crippen LogP contribution in [0.1, 0.15) is 29.0 Å². The Morgan fingerprint density at radius 2 is 1.78 bits per heavy atom. The molecule has 2 aliphatic rings. The van der Waals surface area contributed by atoms with E-state index >= 15 is 0 Å². The summed E-state index contributed by atoms with van der Waals surface area (Å²) in [6, 6.07) is 17.3. The molecule has 1 amide bonds. The van der Waals surface area contributed by atoms with Crippen LogP contribution in [0, 0.1) is 0 Å². The molecule has 0 spiro atoms. The van der Waals surface area contributed by atoms with Gasteiger partial charge in [-0.1, -0.05) is 17.7 Å². The minimum absolute atomic E-state index is 0.0723. The molecule has 7 nitrogen and oxygen atoms in total. The number of nitrogens with one attached hydrogen (secondary N) is 1. The van der Waals surface area contributed by atoms with Gasteiger partial charge in [-0.05, 0) is 80.0 Å². The largest absolute Gasteiger partial charge is 0.497 e. The smallest absolute Gasteiger partial charge is 0.289 e. The molecule has 190 valence electrons. The highest BCUT2D eigenvalue weighted by molar-refractivity contribution is 6.32. The van der Waals surface area contributed by atoms with Crippen LogP contribution in [-0.4, -0.2) is 68.2 Å². The number of halogens is 1. The third-order valence-electron chi connectivity index (χ3n) is 6.83. The molecule has 2 aromatic carbocycles. The van der Waals surface area contributed by atoms with E-state index in [1.54, 1.807) is 13.2 Å². The van der Waals surface area contributed by atoms with E-state index in [2.05, 4.69) is 16.3 Å². The lowest BCUT2D eigenvalue weighted by atomic mass is 10.1. The fraction of sp³-hybridized carbons (Fsp3) is 0.393. The molecule has 0 bridgehead atoms. The Balaban J connectivity index is 1.13. The van der Waals surface area contributed by atoms with Gasteiger partial charge in [0.25, 0.3) is 5.91 Å². The molecular formula is C28H32ClN3O4. The van der Waals surface area contributed by atoms with Crippen molar-refractivity contribution in [2.24, 2.45) is 0 Å². The number of amides is 1. The van der Waals surface area contributed by atoms with E-state index < -0.39 is 0 Å². The van der Waals surface area contributed by atoms with E-state index in [0.29, 0.717) is 29.6 Å². The van der Waals surface area contributed by atoms with Gasteiger partial charge in [-0.2, -0.15) is 0 Å². The average molecular weight is 510 g/mol. The van der Waals surface area contributed by atoms with Gasteiger partial charge in [0.2, 0.25) is 0 Å². The molecule has 2 aliphatic heterocycles. The summed E-state index contributed by atoms with van der Waals surface area (Å²) in [5, 5.41) is 4.01. The molecule has 0 radical (unpaired) electrons. The van der Waals surface area contributed by atoms with Gasteiger partial charge in [0.15, 0.2) is 5.76 Å². The Hall–Kier alpha value is -3.00. The van der Waals surface area contributed by atoms with Crippen molar-refractivity contribution in [1.29, 1.82) is 0 Å². The number of methoxy groups -OCH3 is 1. The monoisotopic (exact) mass is 509 g/mol. The SMILES string of the molecule is COc1ccc(-c2ccc(C(=O)N3CCN(Cc4ccc(OC5CCNCC5)c(Cl)c4)CC3)o2)cc1. The van der Waals surface area contributed by atoms with Crippen molar-refractivity contribution < 1.29 is 18.7 Å². The molecule has 2 fully saturated rings. The van der Waals surface area contributed by atoms with E-state index in [9.17, 15) is 4.79 Å². The summed E-state index contributed by atoms with van der Waals surface area (Å²) in [5.74, 6) is 2.50. The number of rotatable bonds is 7. The Morgan fingerprint density at radius 3 is 2.47 bits per heavy atom. The Bertz CT molecular complexity index is 1170. The number of benzene rings is 2. The van der Waals surface area contributed by atoms with Crippen LogP contribution in [0.15, 0.2) is 59.0 Å². The molecule has 0 unspecified atom stereocenters. The number of ether oxygens (including phenoxy) is 2. The second-order valence-corrected chi connectivity index (χ2v) is 9.70. The van der Waals surface area contributed by atoms with Crippen LogP contribution in [0.4, 0.5) is 0 Å². The molecule has 0 saturated carbocycles. The van der Waals surface area contributed by atoms with Crippen molar-refractivity contribution >= 4 is 17.5 Å². The normalized spacial score (nSPS) is 17.2. The number of nitrogens with zero attached hydrogens (tertiary/aromatic N) is 2. The Kier molecular flexibility index (Phi) is 7.80. The first kappa shape index (κ1) is 24.7. The van der Waals surface area contributed by atoms with E-state index in [1.165, 1.54) is 0 Å². The molecule has 3 aromatic rings. The number of piperidine rings is 1. The zero-order chi connectivity index (χ0) is 24.9. The van der Waals surface area contributed by atoms with Crippen molar-refractivity contribution in [2.45, 2.75) is 25.5 Å². The number of carbonyl (C=O) groups excluding carboxylic acids is 1. The zero-order valence-corrected chi connectivity index (χ0v) is 21.3. The lowest BCUT2D eigenvalue weighted by molar-refractivity contribution is 0.0598. The van der Waals surface area contributed by atoms with E-state index in [-0.39, 0.29) is 12.0 Å². The van der Waals surface area contributed by atoms with Gasteiger partial charge in [0.1, 0.15) is 23.4 Å². The maximum Gasteiger partial charge on any atom is 0.289 e. The third kappa shape index (κ3) is 5.86. The zero-order valence-electron chi connectivity index (χ0n) is 20.5. The topological polar surface area (TPSA) is 67.2 Å². The molecule has 3 heterocycles. The van der Waals surface area contributed by atoms with Crippen LogP contribution in [-0.2, 0) is 6.54 Å². The Labute approximate surface area is 216 Å². The van der Waals surface area contributed by atoms with Gasteiger partial charge in [0.05, 0.1) is 12.1 Å². The molecule has 0 aliphatic carbocycles. The van der Waals surface area contributed by atoms with Crippen molar-refractivity contribution in [3.8, 4) is 22.8 Å².